The first-order valence-corrected chi connectivity index (χ1v) is 15.6. The molecule has 0 saturated heterocycles. The fourth-order valence-electron chi connectivity index (χ4n) is 5.26. The molecule has 224 valence electrons. The number of aryl methyl sites for hydroxylation is 1. The summed E-state index contributed by atoms with van der Waals surface area (Å²) in [5.41, 5.74) is 1.69. The maximum Gasteiger partial charge on any atom is 0.264 e. The first-order valence-electron chi connectivity index (χ1n) is 14.2. The molecule has 3 aromatic rings. The van der Waals surface area contributed by atoms with E-state index in [0.717, 1.165) is 35.6 Å². The Kier molecular flexibility index (Phi) is 10.2. The number of methoxy groups -OCH3 is 1. The van der Waals surface area contributed by atoms with E-state index in [1.54, 1.807) is 48.5 Å². The summed E-state index contributed by atoms with van der Waals surface area (Å²) in [4.78, 5) is 29.1. The van der Waals surface area contributed by atoms with Gasteiger partial charge in [-0.3, -0.25) is 13.9 Å². The van der Waals surface area contributed by atoms with Crippen molar-refractivity contribution in [2.75, 3.05) is 18.0 Å². The molecule has 1 fully saturated rings. The lowest BCUT2D eigenvalue weighted by Crippen LogP contribution is -2.53. The normalized spacial score (nSPS) is 14.3. The summed E-state index contributed by atoms with van der Waals surface area (Å²) in [6.45, 7) is 3.09. The number of ether oxygens (including phenoxy) is 1. The topological polar surface area (TPSA) is 96.0 Å². The van der Waals surface area contributed by atoms with E-state index in [1.807, 2.05) is 13.8 Å². The third-order valence-electron chi connectivity index (χ3n) is 7.60. The van der Waals surface area contributed by atoms with Gasteiger partial charge in [-0.1, -0.05) is 61.7 Å². The highest BCUT2D eigenvalue weighted by atomic mass is 32.2. The van der Waals surface area contributed by atoms with Gasteiger partial charge in [-0.2, -0.15) is 0 Å². The zero-order valence-corrected chi connectivity index (χ0v) is 25.1. The third kappa shape index (κ3) is 7.28. The Morgan fingerprint density at radius 3 is 2.26 bits per heavy atom. The van der Waals surface area contributed by atoms with E-state index >= 15 is 0 Å². The number of carbonyl (C=O) groups is 2. The summed E-state index contributed by atoms with van der Waals surface area (Å²) >= 11 is 0. The van der Waals surface area contributed by atoms with Gasteiger partial charge in [-0.05, 0) is 68.1 Å². The Morgan fingerprint density at radius 2 is 1.64 bits per heavy atom. The zero-order chi connectivity index (χ0) is 30.3. The van der Waals surface area contributed by atoms with Crippen LogP contribution in [0.25, 0.3) is 0 Å². The number of nitrogens with one attached hydrogen (secondary N) is 1. The Bertz CT molecular complexity index is 1470. The number of rotatable bonds is 12. The quantitative estimate of drug-likeness (QED) is 0.310. The van der Waals surface area contributed by atoms with Crippen LogP contribution >= 0.6 is 0 Å². The van der Waals surface area contributed by atoms with Crippen molar-refractivity contribution >= 4 is 27.5 Å². The largest absolute Gasteiger partial charge is 0.495 e. The highest BCUT2D eigenvalue weighted by Crippen LogP contribution is 2.33. The number of carbonyl (C=O) groups excluding carboxylic acids is 2. The fourth-order valence-corrected chi connectivity index (χ4v) is 6.68. The van der Waals surface area contributed by atoms with E-state index in [0.29, 0.717) is 12.0 Å². The van der Waals surface area contributed by atoms with Crippen molar-refractivity contribution in [2.45, 2.75) is 69.5 Å². The van der Waals surface area contributed by atoms with Crippen molar-refractivity contribution < 1.29 is 27.1 Å². The van der Waals surface area contributed by atoms with Gasteiger partial charge in [0.05, 0.1) is 17.7 Å². The third-order valence-corrected chi connectivity index (χ3v) is 9.37. The molecule has 1 saturated carbocycles. The standard InChI is InChI=1S/C32H38FN3O5S/c1-4-28(32(38)34-26-9-5-6-10-26)35(21-24-15-17-25(33)18-16-24)31(37)22-36(29-11-7-8-12-30(29)41-3)42(39,40)27-19-13-23(2)14-20-27/h7-8,11-20,26,28H,4-6,9-10,21-22H2,1-3H3,(H,34,38)/t28-/m1/s1. The second kappa shape index (κ2) is 13.8. The van der Waals surface area contributed by atoms with Crippen LogP contribution in [0.1, 0.15) is 50.2 Å². The van der Waals surface area contributed by atoms with E-state index in [9.17, 15) is 22.4 Å². The van der Waals surface area contributed by atoms with Gasteiger partial charge in [0.2, 0.25) is 11.8 Å². The van der Waals surface area contributed by atoms with Crippen LogP contribution in [-0.4, -0.2) is 50.9 Å². The highest BCUT2D eigenvalue weighted by molar-refractivity contribution is 7.92. The Labute approximate surface area is 247 Å². The lowest BCUT2D eigenvalue weighted by atomic mass is 10.1. The van der Waals surface area contributed by atoms with Crippen LogP contribution in [-0.2, 0) is 26.2 Å². The minimum absolute atomic E-state index is 0.0000502. The van der Waals surface area contributed by atoms with Gasteiger partial charge in [0, 0.05) is 12.6 Å². The number of para-hydroxylation sites is 2. The van der Waals surface area contributed by atoms with E-state index in [4.69, 9.17) is 4.74 Å². The fraction of sp³-hybridized carbons (Fsp3) is 0.375. The molecule has 0 unspecified atom stereocenters. The number of sulfonamides is 1. The van der Waals surface area contributed by atoms with Gasteiger partial charge >= 0.3 is 0 Å². The van der Waals surface area contributed by atoms with Crippen LogP contribution in [0.4, 0.5) is 10.1 Å². The molecular weight excluding hydrogens is 557 g/mol. The summed E-state index contributed by atoms with van der Waals surface area (Å²) in [6.07, 6.45) is 4.13. The molecule has 42 heavy (non-hydrogen) atoms. The van der Waals surface area contributed by atoms with Crippen LogP contribution in [0.2, 0.25) is 0 Å². The molecule has 1 atom stereocenters. The summed E-state index contributed by atoms with van der Waals surface area (Å²) in [6, 6.07) is 17.8. The van der Waals surface area contributed by atoms with Crippen molar-refractivity contribution in [1.29, 1.82) is 0 Å². The van der Waals surface area contributed by atoms with E-state index in [1.165, 1.54) is 36.3 Å². The molecule has 0 spiro atoms. The van der Waals surface area contributed by atoms with Gasteiger partial charge in [0.1, 0.15) is 24.2 Å². The Hall–Kier alpha value is -3.92. The van der Waals surface area contributed by atoms with Gasteiger partial charge < -0.3 is 15.0 Å². The highest BCUT2D eigenvalue weighted by Gasteiger charge is 2.35. The first kappa shape index (κ1) is 31.0. The van der Waals surface area contributed by atoms with E-state index < -0.39 is 34.3 Å². The second-order valence-electron chi connectivity index (χ2n) is 10.6. The average Bonchev–Trinajstić information content (AvgIpc) is 3.50. The molecule has 2 amide bonds. The predicted molar refractivity (Wildman–Crippen MR) is 160 cm³/mol. The minimum Gasteiger partial charge on any atom is -0.495 e. The van der Waals surface area contributed by atoms with Crippen LogP contribution in [0.3, 0.4) is 0 Å². The van der Waals surface area contributed by atoms with Gasteiger partial charge in [-0.25, -0.2) is 12.8 Å². The summed E-state index contributed by atoms with van der Waals surface area (Å²) in [5.74, 6) is -1.01. The lowest BCUT2D eigenvalue weighted by Gasteiger charge is -2.34. The molecular formula is C32H38FN3O5S. The molecule has 3 aromatic carbocycles. The van der Waals surface area contributed by atoms with Gasteiger partial charge in [-0.15, -0.1) is 0 Å². The van der Waals surface area contributed by atoms with Crippen molar-refractivity contribution in [1.82, 2.24) is 10.2 Å². The molecule has 0 aromatic heterocycles. The van der Waals surface area contributed by atoms with E-state index in [-0.39, 0.29) is 34.8 Å². The molecule has 0 radical (unpaired) electrons. The average molecular weight is 596 g/mol. The van der Waals surface area contributed by atoms with Crippen molar-refractivity contribution in [3.63, 3.8) is 0 Å². The molecule has 10 heteroatoms. The maximum absolute atomic E-state index is 14.2. The molecule has 1 N–H and O–H groups in total. The summed E-state index contributed by atoms with van der Waals surface area (Å²) < 4.78 is 48.3. The van der Waals surface area contributed by atoms with Crippen molar-refractivity contribution in [3.05, 3.63) is 89.7 Å². The molecule has 0 aliphatic heterocycles. The van der Waals surface area contributed by atoms with Crippen molar-refractivity contribution in [2.24, 2.45) is 0 Å². The number of hydrogen-bond donors (Lipinski definition) is 1. The van der Waals surface area contributed by atoms with Crippen molar-refractivity contribution in [3.8, 4) is 5.75 Å². The monoisotopic (exact) mass is 595 g/mol. The smallest absolute Gasteiger partial charge is 0.264 e. The molecule has 8 nitrogen and oxygen atoms in total. The number of halogens is 1. The Morgan fingerprint density at radius 1 is 1.00 bits per heavy atom. The number of anilines is 1. The summed E-state index contributed by atoms with van der Waals surface area (Å²) in [7, 11) is -2.80. The minimum atomic E-state index is -4.23. The van der Waals surface area contributed by atoms with E-state index in [2.05, 4.69) is 5.32 Å². The summed E-state index contributed by atoms with van der Waals surface area (Å²) in [5, 5.41) is 3.08. The maximum atomic E-state index is 14.2. The predicted octanol–water partition coefficient (Wildman–Crippen LogP) is 5.20. The zero-order valence-electron chi connectivity index (χ0n) is 24.3. The number of benzene rings is 3. The Balaban J connectivity index is 1.74. The molecule has 0 bridgehead atoms. The number of amides is 2. The van der Waals surface area contributed by atoms with Crippen LogP contribution in [0.15, 0.2) is 77.7 Å². The number of nitrogens with zero attached hydrogens (tertiary/aromatic N) is 2. The molecule has 4 rings (SSSR count). The molecule has 0 heterocycles. The van der Waals surface area contributed by atoms with Crippen LogP contribution in [0, 0.1) is 12.7 Å². The first-order chi connectivity index (χ1) is 20.1. The lowest BCUT2D eigenvalue weighted by molar-refractivity contribution is -0.140. The molecule has 1 aliphatic carbocycles. The number of hydrogen-bond acceptors (Lipinski definition) is 5. The van der Waals surface area contributed by atoms with Crippen LogP contribution in [0.5, 0.6) is 5.75 Å². The SMILES string of the molecule is CC[C@H](C(=O)NC1CCCC1)N(Cc1ccc(F)cc1)C(=O)CN(c1ccccc1OC)S(=O)(=O)c1ccc(C)cc1. The van der Waals surface area contributed by atoms with Gasteiger partial charge in [0.25, 0.3) is 10.0 Å². The van der Waals surface area contributed by atoms with Gasteiger partial charge in [0.15, 0.2) is 0 Å². The van der Waals surface area contributed by atoms with Crippen LogP contribution < -0.4 is 14.4 Å². The molecule has 1 aliphatic rings. The second-order valence-corrected chi connectivity index (χ2v) is 12.4.